The molecule has 0 radical (unpaired) electrons. The van der Waals surface area contributed by atoms with Crippen molar-refractivity contribution in [2.75, 3.05) is 13.2 Å². The summed E-state index contributed by atoms with van der Waals surface area (Å²) in [6, 6.07) is 0.442. The summed E-state index contributed by atoms with van der Waals surface area (Å²) in [6.07, 6.45) is 5.60. The minimum absolute atomic E-state index is 0.442. The van der Waals surface area contributed by atoms with E-state index in [0.717, 1.165) is 50.5 Å². The second-order valence-electron chi connectivity index (χ2n) is 4.85. The molecular formula is C13H22ClN3O. The summed E-state index contributed by atoms with van der Waals surface area (Å²) < 4.78 is 5.44. The van der Waals surface area contributed by atoms with E-state index in [4.69, 9.17) is 16.3 Å². The van der Waals surface area contributed by atoms with E-state index in [9.17, 15) is 0 Å². The van der Waals surface area contributed by atoms with Crippen LogP contribution in [-0.2, 0) is 17.7 Å². The molecule has 18 heavy (non-hydrogen) atoms. The van der Waals surface area contributed by atoms with Gasteiger partial charge in [0.1, 0.15) is 5.82 Å². The van der Waals surface area contributed by atoms with Gasteiger partial charge in [0.15, 0.2) is 5.15 Å². The van der Waals surface area contributed by atoms with Crippen LogP contribution in [0, 0.1) is 0 Å². The first-order valence-corrected chi connectivity index (χ1v) is 7.21. The third kappa shape index (κ3) is 3.97. The molecule has 2 rings (SSSR count). The highest BCUT2D eigenvalue weighted by Gasteiger charge is 2.14. The Kier molecular flexibility index (Phi) is 5.47. The molecule has 1 atom stereocenters. The normalized spacial score (nSPS) is 20.2. The Morgan fingerprint density at radius 2 is 2.44 bits per heavy atom. The number of hydrogen-bond donors (Lipinski definition) is 2. The van der Waals surface area contributed by atoms with Gasteiger partial charge in [0, 0.05) is 25.6 Å². The monoisotopic (exact) mass is 271 g/mol. The first-order chi connectivity index (χ1) is 8.79. The van der Waals surface area contributed by atoms with Crippen molar-refractivity contribution in [3.8, 4) is 0 Å². The standard InChI is InChI=1S/C13H22ClN3O/c1-2-3-6-12-16-11(13(14)17-12)8-15-10-5-4-7-18-9-10/h10,15H,2-9H2,1H3,(H,16,17). The predicted molar refractivity (Wildman–Crippen MR) is 72.9 cm³/mol. The van der Waals surface area contributed by atoms with Crippen molar-refractivity contribution in [2.24, 2.45) is 0 Å². The summed E-state index contributed by atoms with van der Waals surface area (Å²) in [4.78, 5) is 7.66. The average molecular weight is 272 g/mol. The lowest BCUT2D eigenvalue weighted by atomic mass is 10.1. The molecule has 1 aromatic heterocycles. The number of aromatic amines is 1. The Balaban J connectivity index is 1.82. The topological polar surface area (TPSA) is 49.9 Å². The van der Waals surface area contributed by atoms with Crippen LogP contribution in [-0.4, -0.2) is 29.2 Å². The SMILES string of the molecule is CCCCc1nc(Cl)c(CNC2CCCOC2)[nH]1. The molecule has 5 heteroatoms. The van der Waals surface area contributed by atoms with E-state index < -0.39 is 0 Å². The van der Waals surface area contributed by atoms with Crippen molar-refractivity contribution in [3.05, 3.63) is 16.7 Å². The highest BCUT2D eigenvalue weighted by atomic mass is 35.5. The van der Waals surface area contributed by atoms with Gasteiger partial charge in [-0.25, -0.2) is 4.98 Å². The lowest BCUT2D eigenvalue weighted by molar-refractivity contribution is 0.0698. The number of hydrogen-bond acceptors (Lipinski definition) is 3. The molecule has 0 aliphatic carbocycles. The number of unbranched alkanes of at least 4 members (excludes halogenated alkanes) is 1. The van der Waals surface area contributed by atoms with Crippen LogP contribution in [0.5, 0.6) is 0 Å². The largest absolute Gasteiger partial charge is 0.380 e. The van der Waals surface area contributed by atoms with Crippen LogP contribution in [0.4, 0.5) is 0 Å². The third-order valence-corrected chi connectivity index (χ3v) is 3.58. The second kappa shape index (κ2) is 7.12. The summed E-state index contributed by atoms with van der Waals surface area (Å²) in [5, 5.41) is 4.07. The average Bonchev–Trinajstić information content (AvgIpc) is 2.76. The number of nitrogens with zero attached hydrogens (tertiary/aromatic N) is 1. The first kappa shape index (κ1) is 13.8. The van der Waals surface area contributed by atoms with Gasteiger partial charge in [-0.05, 0) is 19.3 Å². The van der Waals surface area contributed by atoms with Gasteiger partial charge in [0.25, 0.3) is 0 Å². The lowest BCUT2D eigenvalue weighted by Gasteiger charge is -2.22. The van der Waals surface area contributed by atoms with Crippen molar-refractivity contribution in [3.63, 3.8) is 0 Å². The number of rotatable bonds is 6. The molecule has 0 saturated carbocycles. The van der Waals surface area contributed by atoms with E-state index in [1.54, 1.807) is 0 Å². The third-order valence-electron chi connectivity index (χ3n) is 3.27. The van der Waals surface area contributed by atoms with Gasteiger partial charge in [-0.2, -0.15) is 0 Å². The van der Waals surface area contributed by atoms with Crippen LogP contribution in [0.2, 0.25) is 5.15 Å². The van der Waals surface area contributed by atoms with E-state index in [-0.39, 0.29) is 0 Å². The summed E-state index contributed by atoms with van der Waals surface area (Å²) >= 11 is 6.13. The fraction of sp³-hybridized carbons (Fsp3) is 0.769. The molecule has 4 nitrogen and oxygen atoms in total. The number of nitrogens with one attached hydrogen (secondary N) is 2. The summed E-state index contributed by atoms with van der Waals surface area (Å²) in [5.41, 5.74) is 0.994. The molecule has 0 spiro atoms. The Labute approximate surface area is 113 Å². The molecule has 1 fully saturated rings. The highest BCUT2D eigenvalue weighted by molar-refractivity contribution is 6.30. The highest BCUT2D eigenvalue weighted by Crippen LogP contribution is 2.15. The van der Waals surface area contributed by atoms with E-state index in [1.165, 1.54) is 12.8 Å². The Bertz CT molecular complexity index is 361. The van der Waals surface area contributed by atoms with Gasteiger partial charge in [-0.3, -0.25) is 0 Å². The molecular weight excluding hydrogens is 250 g/mol. The number of aromatic nitrogens is 2. The molecule has 1 unspecified atom stereocenters. The number of aryl methyl sites for hydroxylation is 1. The van der Waals surface area contributed by atoms with E-state index >= 15 is 0 Å². The molecule has 1 aliphatic rings. The molecule has 2 N–H and O–H groups in total. The Morgan fingerprint density at radius 1 is 1.56 bits per heavy atom. The molecule has 0 bridgehead atoms. The summed E-state index contributed by atoms with van der Waals surface area (Å²) in [5.74, 6) is 0.999. The van der Waals surface area contributed by atoms with Crippen LogP contribution in [0.25, 0.3) is 0 Å². The van der Waals surface area contributed by atoms with Crippen molar-refractivity contribution in [2.45, 2.75) is 51.6 Å². The molecule has 2 heterocycles. The van der Waals surface area contributed by atoms with Gasteiger partial charge >= 0.3 is 0 Å². The Hall–Kier alpha value is -0.580. The maximum atomic E-state index is 6.13. The molecule has 1 aliphatic heterocycles. The second-order valence-corrected chi connectivity index (χ2v) is 5.21. The van der Waals surface area contributed by atoms with Gasteiger partial charge in [-0.15, -0.1) is 0 Å². The maximum absolute atomic E-state index is 6.13. The van der Waals surface area contributed by atoms with Crippen LogP contribution in [0.3, 0.4) is 0 Å². The number of H-pyrrole nitrogens is 1. The van der Waals surface area contributed by atoms with Gasteiger partial charge in [0.2, 0.25) is 0 Å². The van der Waals surface area contributed by atoms with Gasteiger partial charge < -0.3 is 15.0 Å². The number of ether oxygens (including phenoxy) is 1. The minimum atomic E-state index is 0.442. The van der Waals surface area contributed by atoms with Crippen molar-refractivity contribution in [1.82, 2.24) is 15.3 Å². The van der Waals surface area contributed by atoms with Crippen LogP contribution >= 0.6 is 11.6 Å². The van der Waals surface area contributed by atoms with E-state index in [1.807, 2.05) is 0 Å². The quantitative estimate of drug-likeness (QED) is 0.836. The number of imidazole rings is 1. The fourth-order valence-corrected chi connectivity index (χ4v) is 2.38. The maximum Gasteiger partial charge on any atom is 0.151 e. The minimum Gasteiger partial charge on any atom is -0.380 e. The fourth-order valence-electron chi connectivity index (χ4n) is 2.17. The smallest absolute Gasteiger partial charge is 0.151 e. The van der Waals surface area contributed by atoms with Gasteiger partial charge in [0.05, 0.1) is 12.3 Å². The van der Waals surface area contributed by atoms with Gasteiger partial charge in [-0.1, -0.05) is 24.9 Å². The summed E-state index contributed by atoms with van der Waals surface area (Å²) in [7, 11) is 0. The van der Waals surface area contributed by atoms with Crippen molar-refractivity contribution in [1.29, 1.82) is 0 Å². The predicted octanol–water partition coefficient (Wildman–Crippen LogP) is 2.67. The molecule has 102 valence electrons. The molecule has 0 amide bonds. The van der Waals surface area contributed by atoms with E-state index in [2.05, 4.69) is 22.2 Å². The van der Waals surface area contributed by atoms with Crippen LogP contribution in [0.1, 0.15) is 44.1 Å². The Morgan fingerprint density at radius 3 is 3.17 bits per heavy atom. The van der Waals surface area contributed by atoms with Crippen molar-refractivity contribution < 1.29 is 4.74 Å². The van der Waals surface area contributed by atoms with E-state index in [0.29, 0.717) is 11.2 Å². The first-order valence-electron chi connectivity index (χ1n) is 6.84. The van der Waals surface area contributed by atoms with Crippen LogP contribution in [0.15, 0.2) is 0 Å². The number of halogens is 1. The zero-order chi connectivity index (χ0) is 12.8. The molecule has 0 aromatic carbocycles. The van der Waals surface area contributed by atoms with Crippen molar-refractivity contribution >= 4 is 11.6 Å². The van der Waals surface area contributed by atoms with Crippen LogP contribution < -0.4 is 5.32 Å². The summed E-state index contributed by atoms with van der Waals surface area (Å²) in [6.45, 7) is 4.61. The zero-order valence-corrected chi connectivity index (χ0v) is 11.7. The zero-order valence-electron chi connectivity index (χ0n) is 11.0. The molecule has 1 aromatic rings. The lowest BCUT2D eigenvalue weighted by Crippen LogP contribution is -2.36. The molecule has 1 saturated heterocycles.